The average Bonchev–Trinajstić information content (AvgIpc) is 3.02. The van der Waals surface area contributed by atoms with Crippen LogP contribution in [0.1, 0.15) is 37.3 Å². The molecule has 1 N–H and O–H groups in total. The highest BCUT2D eigenvalue weighted by Gasteiger charge is 2.55. The highest BCUT2D eigenvalue weighted by molar-refractivity contribution is 6.09. The molecule has 0 aromatic heterocycles. The Hall–Kier alpha value is -3.35. The average molecular weight is 421 g/mol. The monoisotopic (exact) mass is 421 g/mol. The molecule has 0 unspecified atom stereocenters. The summed E-state index contributed by atoms with van der Waals surface area (Å²) in [5.41, 5.74) is 1.29. The van der Waals surface area contributed by atoms with Gasteiger partial charge < -0.3 is 15.0 Å². The molecule has 1 aliphatic carbocycles. The fraction of sp³-hybridized carbons (Fsp3) is 0.375. The molecular formula is C24H27N3O4. The number of nitrogens with one attached hydrogen (secondary N) is 1. The molecule has 0 radical (unpaired) electrons. The van der Waals surface area contributed by atoms with Crippen molar-refractivity contribution in [2.75, 3.05) is 13.1 Å². The van der Waals surface area contributed by atoms with Crippen molar-refractivity contribution < 1.29 is 19.1 Å². The summed E-state index contributed by atoms with van der Waals surface area (Å²) in [5.74, 6) is 0.243. The molecule has 1 saturated carbocycles. The van der Waals surface area contributed by atoms with Crippen molar-refractivity contribution in [3.8, 4) is 5.75 Å². The zero-order valence-corrected chi connectivity index (χ0v) is 17.7. The van der Waals surface area contributed by atoms with Crippen LogP contribution in [0, 0.1) is 0 Å². The summed E-state index contributed by atoms with van der Waals surface area (Å²) in [6.07, 6.45) is 2.22. The lowest BCUT2D eigenvalue weighted by atomic mass is 9.77. The molecule has 1 spiro atoms. The van der Waals surface area contributed by atoms with Gasteiger partial charge in [-0.15, -0.1) is 0 Å². The van der Waals surface area contributed by atoms with Crippen molar-refractivity contribution in [2.45, 2.75) is 44.9 Å². The molecular weight excluding hydrogens is 394 g/mol. The number of rotatable bonds is 8. The van der Waals surface area contributed by atoms with E-state index in [1.54, 1.807) is 4.90 Å². The zero-order valence-electron chi connectivity index (χ0n) is 17.7. The maximum Gasteiger partial charge on any atom is 0.325 e. The second-order valence-corrected chi connectivity index (χ2v) is 8.08. The first-order valence-corrected chi connectivity index (χ1v) is 10.7. The van der Waals surface area contributed by atoms with Crippen LogP contribution in [-0.4, -0.2) is 46.3 Å². The highest BCUT2D eigenvalue weighted by atomic mass is 16.5. The largest absolute Gasteiger partial charge is 0.489 e. The lowest BCUT2D eigenvalue weighted by Crippen LogP contribution is -2.53. The Labute approximate surface area is 182 Å². The van der Waals surface area contributed by atoms with Crippen LogP contribution in [-0.2, 0) is 22.7 Å². The Bertz CT molecular complexity index is 955. The van der Waals surface area contributed by atoms with Gasteiger partial charge in [0.1, 0.15) is 24.4 Å². The molecule has 0 bridgehead atoms. The van der Waals surface area contributed by atoms with Gasteiger partial charge in [-0.1, -0.05) is 42.5 Å². The minimum absolute atomic E-state index is 0.224. The summed E-state index contributed by atoms with van der Waals surface area (Å²) >= 11 is 0. The number of hydrogen-bond donors (Lipinski definition) is 1. The van der Waals surface area contributed by atoms with Gasteiger partial charge in [-0.25, -0.2) is 4.79 Å². The number of hydrogen-bond acceptors (Lipinski definition) is 4. The number of imide groups is 1. The second kappa shape index (κ2) is 8.79. The number of ether oxygens (including phenoxy) is 1. The maximum atomic E-state index is 12.8. The third kappa shape index (κ3) is 4.40. The van der Waals surface area contributed by atoms with Gasteiger partial charge in [0.25, 0.3) is 5.91 Å². The van der Waals surface area contributed by atoms with Crippen LogP contribution in [0.4, 0.5) is 4.79 Å². The predicted molar refractivity (Wildman–Crippen MR) is 115 cm³/mol. The minimum Gasteiger partial charge on any atom is -0.489 e. The van der Waals surface area contributed by atoms with Gasteiger partial charge in [-0.05, 0) is 49.4 Å². The fourth-order valence-electron chi connectivity index (χ4n) is 3.95. The zero-order chi connectivity index (χ0) is 21.8. The van der Waals surface area contributed by atoms with Gasteiger partial charge in [0, 0.05) is 13.1 Å². The van der Waals surface area contributed by atoms with Gasteiger partial charge in [-0.3, -0.25) is 14.5 Å². The quantitative estimate of drug-likeness (QED) is 0.665. The lowest BCUT2D eigenvalue weighted by Gasteiger charge is -2.35. The number of urea groups is 1. The van der Waals surface area contributed by atoms with Gasteiger partial charge in [0.05, 0.1) is 0 Å². The molecule has 4 amide bonds. The standard InChI is InChI=1S/C24H27N3O4/c1-2-26(21(28)16-27-22(29)24(13-6-14-24)25-23(27)30)15-18-9-11-20(12-10-18)31-17-19-7-4-3-5-8-19/h3-5,7-12H,2,6,13-17H2,1H3,(H,25,30). The van der Waals surface area contributed by atoms with E-state index in [0.29, 0.717) is 32.5 Å². The van der Waals surface area contributed by atoms with Gasteiger partial charge >= 0.3 is 6.03 Å². The van der Waals surface area contributed by atoms with Crippen LogP contribution in [0.25, 0.3) is 0 Å². The fourth-order valence-corrected chi connectivity index (χ4v) is 3.95. The summed E-state index contributed by atoms with van der Waals surface area (Å²) in [7, 11) is 0. The third-order valence-electron chi connectivity index (χ3n) is 6.03. The predicted octanol–water partition coefficient (Wildman–Crippen LogP) is 3.09. The van der Waals surface area contributed by atoms with E-state index >= 15 is 0 Å². The molecule has 2 aromatic rings. The van der Waals surface area contributed by atoms with Crippen LogP contribution < -0.4 is 10.1 Å². The maximum absolute atomic E-state index is 12.8. The molecule has 162 valence electrons. The molecule has 1 heterocycles. The summed E-state index contributed by atoms with van der Waals surface area (Å²) in [5, 5.41) is 2.76. The molecule has 2 aliphatic rings. The molecule has 1 saturated heterocycles. The van der Waals surface area contributed by atoms with E-state index in [0.717, 1.165) is 28.2 Å². The second-order valence-electron chi connectivity index (χ2n) is 8.08. The Morgan fingerprint density at radius 3 is 2.35 bits per heavy atom. The summed E-state index contributed by atoms with van der Waals surface area (Å²) in [6, 6.07) is 17.1. The lowest BCUT2D eigenvalue weighted by molar-refractivity contribution is -0.140. The first-order chi connectivity index (χ1) is 15.0. The van der Waals surface area contributed by atoms with E-state index in [2.05, 4.69) is 5.32 Å². The molecule has 7 heteroatoms. The van der Waals surface area contributed by atoms with Crippen molar-refractivity contribution in [3.63, 3.8) is 0 Å². The highest BCUT2D eigenvalue weighted by Crippen LogP contribution is 2.37. The normalized spacial score (nSPS) is 16.7. The summed E-state index contributed by atoms with van der Waals surface area (Å²) in [4.78, 5) is 40.3. The number of likely N-dealkylation sites (N-methyl/N-ethyl adjacent to an activating group) is 1. The minimum atomic E-state index is -0.760. The number of carbonyl (C=O) groups is 3. The molecule has 31 heavy (non-hydrogen) atoms. The van der Waals surface area contributed by atoms with E-state index in [-0.39, 0.29) is 18.4 Å². The smallest absolute Gasteiger partial charge is 0.325 e. The Kier molecular flexibility index (Phi) is 5.93. The number of nitrogens with zero attached hydrogens (tertiary/aromatic N) is 2. The van der Waals surface area contributed by atoms with E-state index in [1.165, 1.54) is 0 Å². The SMILES string of the molecule is CCN(Cc1ccc(OCc2ccccc2)cc1)C(=O)CN1C(=O)NC2(CCC2)C1=O. The number of benzene rings is 2. The summed E-state index contributed by atoms with van der Waals surface area (Å²) in [6.45, 7) is 3.04. The molecule has 2 fully saturated rings. The number of amides is 4. The van der Waals surface area contributed by atoms with Crippen LogP contribution in [0.5, 0.6) is 5.75 Å². The van der Waals surface area contributed by atoms with E-state index in [9.17, 15) is 14.4 Å². The van der Waals surface area contributed by atoms with Crippen molar-refractivity contribution in [2.24, 2.45) is 0 Å². The summed E-state index contributed by atoms with van der Waals surface area (Å²) < 4.78 is 5.80. The van der Waals surface area contributed by atoms with Crippen LogP contribution in [0.3, 0.4) is 0 Å². The topological polar surface area (TPSA) is 79.0 Å². The molecule has 1 aliphatic heterocycles. The van der Waals surface area contributed by atoms with Gasteiger partial charge in [-0.2, -0.15) is 0 Å². The van der Waals surface area contributed by atoms with Crippen molar-refractivity contribution >= 4 is 17.8 Å². The molecule has 2 aromatic carbocycles. The van der Waals surface area contributed by atoms with Crippen LogP contribution in [0.2, 0.25) is 0 Å². The third-order valence-corrected chi connectivity index (χ3v) is 6.03. The van der Waals surface area contributed by atoms with Crippen molar-refractivity contribution in [1.82, 2.24) is 15.1 Å². The van der Waals surface area contributed by atoms with E-state index < -0.39 is 11.6 Å². The Balaban J connectivity index is 1.32. The molecule has 7 nitrogen and oxygen atoms in total. The number of carbonyl (C=O) groups excluding carboxylic acids is 3. The van der Waals surface area contributed by atoms with Crippen LogP contribution in [0.15, 0.2) is 54.6 Å². The molecule has 4 rings (SSSR count). The van der Waals surface area contributed by atoms with E-state index in [1.807, 2.05) is 61.5 Å². The van der Waals surface area contributed by atoms with Gasteiger partial charge in [0.2, 0.25) is 5.91 Å². The van der Waals surface area contributed by atoms with Crippen LogP contribution >= 0.6 is 0 Å². The van der Waals surface area contributed by atoms with Gasteiger partial charge in [0.15, 0.2) is 0 Å². The van der Waals surface area contributed by atoms with Crippen molar-refractivity contribution in [3.05, 3.63) is 65.7 Å². The van der Waals surface area contributed by atoms with Crippen molar-refractivity contribution in [1.29, 1.82) is 0 Å². The Morgan fingerprint density at radius 1 is 1.06 bits per heavy atom. The van der Waals surface area contributed by atoms with E-state index in [4.69, 9.17) is 4.74 Å². The molecule has 0 atom stereocenters. The first kappa shape index (κ1) is 20.9. The first-order valence-electron chi connectivity index (χ1n) is 10.7. The Morgan fingerprint density at radius 2 is 1.77 bits per heavy atom.